The summed E-state index contributed by atoms with van der Waals surface area (Å²) in [7, 11) is 0. The van der Waals surface area contributed by atoms with Crippen LogP contribution in [0.25, 0.3) is 0 Å². The van der Waals surface area contributed by atoms with Crippen LogP contribution in [0, 0.1) is 6.92 Å². The predicted octanol–water partition coefficient (Wildman–Crippen LogP) is 1.76. The first-order chi connectivity index (χ1) is 2.94. The third-order valence-electron chi connectivity index (χ3n) is 0.316. The smallest absolute Gasteiger partial charge is 0.248 e. The molecule has 0 fully saturated rings. The van der Waals surface area contributed by atoms with Gasteiger partial charge in [-0.05, 0) is 0 Å². The molecule has 0 spiro atoms. The molecule has 1 radical (unpaired) electrons. The number of ketones is 1. The molecule has 0 aliphatic carbocycles. The standard InChI is InChI=1S/C3H2Cl3O/c1-2(7)3(4,5)6/h1H2. The molecule has 0 bridgehead atoms. The highest BCUT2D eigenvalue weighted by Crippen LogP contribution is 2.25. The Kier molecular flexibility index (Phi) is 2.38. The van der Waals surface area contributed by atoms with Crippen molar-refractivity contribution < 1.29 is 4.79 Å². The number of hydrogen-bond donors (Lipinski definition) is 0. The van der Waals surface area contributed by atoms with Crippen molar-refractivity contribution in [1.82, 2.24) is 0 Å². The third kappa shape index (κ3) is 3.15. The first-order valence-corrected chi connectivity index (χ1v) is 2.51. The van der Waals surface area contributed by atoms with Crippen LogP contribution in [0.2, 0.25) is 0 Å². The fraction of sp³-hybridized carbons (Fsp3) is 0.333. The molecule has 0 N–H and O–H groups in total. The minimum absolute atomic E-state index is 0.711. The Labute approximate surface area is 56.5 Å². The fourth-order valence-corrected chi connectivity index (χ4v) is 0. The topological polar surface area (TPSA) is 17.1 Å². The SMILES string of the molecule is [CH2]C(=O)C(Cl)(Cl)Cl. The number of carbonyl (C=O) groups is 1. The van der Waals surface area contributed by atoms with Gasteiger partial charge in [0.25, 0.3) is 0 Å². The van der Waals surface area contributed by atoms with Gasteiger partial charge in [-0.1, -0.05) is 34.8 Å². The second-order valence-electron chi connectivity index (χ2n) is 0.921. The van der Waals surface area contributed by atoms with Crippen molar-refractivity contribution in [3.8, 4) is 0 Å². The molecule has 4 heteroatoms. The predicted molar refractivity (Wildman–Crippen MR) is 30.7 cm³/mol. The Morgan fingerprint density at radius 3 is 1.57 bits per heavy atom. The van der Waals surface area contributed by atoms with Crippen molar-refractivity contribution in [3.63, 3.8) is 0 Å². The molecular weight excluding hydrogens is 158 g/mol. The highest BCUT2D eigenvalue weighted by Gasteiger charge is 2.25. The molecule has 0 aromatic heterocycles. The normalized spacial score (nSPS) is 11.4. The average molecular weight is 160 g/mol. The molecule has 0 aliphatic heterocycles. The van der Waals surface area contributed by atoms with E-state index in [1.165, 1.54) is 0 Å². The summed E-state index contributed by atoms with van der Waals surface area (Å²) in [6.07, 6.45) is 0. The lowest BCUT2D eigenvalue weighted by Gasteiger charge is -2.01. The molecule has 0 rings (SSSR count). The van der Waals surface area contributed by atoms with E-state index in [9.17, 15) is 4.79 Å². The van der Waals surface area contributed by atoms with Crippen LogP contribution in [0.15, 0.2) is 0 Å². The molecule has 0 atom stereocenters. The molecule has 0 aliphatic rings. The van der Waals surface area contributed by atoms with Crippen molar-refractivity contribution in [2.45, 2.75) is 3.79 Å². The van der Waals surface area contributed by atoms with E-state index in [2.05, 4.69) is 6.92 Å². The number of halogens is 3. The first-order valence-electron chi connectivity index (χ1n) is 1.37. The highest BCUT2D eigenvalue weighted by atomic mass is 35.6. The quantitative estimate of drug-likeness (QED) is 0.494. The van der Waals surface area contributed by atoms with Crippen molar-refractivity contribution in [1.29, 1.82) is 0 Å². The lowest BCUT2D eigenvalue weighted by atomic mass is 10.5. The molecule has 0 amide bonds. The highest BCUT2D eigenvalue weighted by molar-refractivity contribution is 6.76. The van der Waals surface area contributed by atoms with Crippen molar-refractivity contribution in [2.24, 2.45) is 0 Å². The lowest BCUT2D eigenvalue weighted by molar-refractivity contribution is -0.114. The number of alkyl halides is 3. The summed E-state index contributed by atoms with van der Waals surface area (Å²) in [6.45, 7) is 2.88. The zero-order valence-electron chi connectivity index (χ0n) is 3.25. The largest absolute Gasteiger partial charge is 0.295 e. The van der Waals surface area contributed by atoms with Gasteiger partial charge >= 0.3 is 0 Å². The maximum Gasteiger partial charge on any atom is 0.248 e. The van der Waals surface area contributed by atoms with E-state index < -0.39 is 9.58 Å². The molecule has 0 aromatic carbocycles. The van der Waals surface area contributed by atoms with Crippen LogP contribution in [0.4, 0.5) is 0 Å². The minimum Gasteiger partial charge on any atom is -0.295 e. The summed E-state index contributed by atoms with van der Waals surface area (Å²) < 4.78 is -1.83. The van der Waals surface area contributed by atoms with Gasteiger partial charge in [-0.15, -0.1) is 0 Å². The van der Waals surface area contributed by atoms with Gasteiger partial charge in [0.1, 0.15) is 0 Å². The lowest BCUT2D eigenvalue weighted by Crippen LogP contribution is -2.13. The van der Waals surface area contributed by atoms with Gasteiger partial charge in [0.15, 0.2) is 5.78 Å². The third-order valence-corrected chi connectivity index (χ3v) is 0.949. The van der Waals surface area contributed by atoms with Gasteiger partial charge in [-0.2, -0.15) is 0 Å². The first kappa shape index (κ1) is 7.54. The van der Waals surface area contributed by atoms with E-state index in [0.717, 1.165) is 0 Å². The number of rotatable bonds is 0. The monoisotopic (exact) mass is 159 g/mol. The summed E-state index contributed by atoms with van der Waals surface area (Å²) in [5.74, 6) is -0.711. The van der Waals surface area contributed by atoms with Gasteiger partial charge in [0.2, 0.25) is 3.79 Å². The van der Waals surface area contributed by atoms with Crippen molar-refractivity contribution >= 4 is 40.6 Å². The van der Waals surface area contributed by atoms with E-state index in [4.69, 9.17) is 34.8 Å². The molecule has 0 unspecified atom stereocenters. The molecule has 7 heavy (non-hydrogen) atoms. The van der Waals surface area contributed by atoms with Gasteiger partial charge in [-0.3, -0.25) is 4.79 Å². The minimum atomic E-state index is -1.83. The van der Waals surface area contributed by atoms with Crippen molar-refractivity contribution in [3.05, 3.63) is 6.92 Å². The molecule has 1 nitrogen and oxygen atoms in total. The fourth-order valence-electron chi connectivity index (χ4n) is 0. The maximum absolute atomic E-state index is 9.96. The summed E-state index contributed by atoms with van der Waals surface area (Å²) in [5, 5.41) is 0. The number of carbonyl (C=O) groups excluding carboxylic acids is 1. The second-order valence-corrected chi connectivity index (χ2v) is 3.20. The summed E-state index contributed by atoms with van der Waals surface area (Å²) in [6, 6.07) is 0. The van der Waals surface area contributed by atoms with Crippen LogP contribution in [-0.2, 0) is 4.79 Å². The van der Waals surface area contributed by atoms with Crippen LogP contribution < -0.4 is 0 Å². The van der Waals surface area contributed by atoms with Crippen LogP contribution in [0.3, 0.4) is 0 Å². The van der Waals surface area contributed by atoms with E-state index >= 15 is 0 Å². The average Bonchev–Trinajstić information content (AvgIpc) is 1.31. The van der Waals surface area contributed by atoms with Crippen LogP contribution >= 0.6 is 34.8 Å². The van der Waals surface area contributed by atoms with Crippen LogP contribution in [0.1, 0.15) is 0 Å². The second kappa shape index (κ2) is 2.21. The maximum atomic E-state index is 9.96. The zero-order valence-corrected chi connectivity index (χ0v) is 5.52. The van der Waals surface area contributed by atoms with E-state index in [1.54, 1.807) is 0 Å². The molecule has 0 saturated carbocycles. The van der Waals surface area contributed by atoms with E-state index in [1.807, 2.05) is 0 Å². The van der Waals surface area contributed by atoms with Crippen molar-refractivity contribution in [2.75, 3.05) is 0 Å². The summed E-state index contributed by atoms with van der Waals surface area (Å²) in [4.78, 5) is 9.96. The molecule has 0 heterocycles. The van der Waals surface area contributed by atoms with E-state index in [-0.39, 0.29) is 0 Å². The summed E-state index contributed by atoms with van der Waals surface area (Å²) >= 11 is 15.0. The van der Waals surface area contributed by atoms with E-state index in [0.29, 0.717) is 0 Å². The molecular formula is C3H2Cl3O. The Morgan fingerprint density at radius 2 is 1.57 bits per heavy atom. The van der Waals surface area contributed by atoms with Gasteiger partial charge in [0, 0.05) is 6.92 Å². The van der Waals surface area contributed by atoms with Gasteiger partial charge < -0.3 is 0 Å². The van der Waals surface area contributed by atoms with Gasteiger partial charge in [-0.25, -0.2) is 0 Å². The van der Waals surface area contributed by atoms with Crippen LogP contribution in [0.5, 0.6) is 0 Å². The number of Topliss-reactive ketones (excluding diaryl/α,β-unsaturated/α-hetero) is 1. The molecule has 0 aromatic rings. The Balaban J connectivity index is 3.79. The van der Waals surface area contributed by atoms with Gasteiger partial charge in [0.05, 0.1) is 0 Å². The zero-order chi connectivity index (χ0) is 6.08. The Bertz CT molecular complexity index is 82.7. The molecule has 41 valence electrons. The summed E-state index contributed by atoms with van der Waals surface area (Å²) in [5.41, 5.74) is 0. The Morgan fingerprint density at radius 1 is 1.43 bits per heavy atom. The number of hydrogen-bond acceptors (Lipinski definition) is 1. The van der Waals surface area contributed by atoms with Crippen LogP contribution in [-0.4, -0.2) is 9.58 Å². The Hall–Kier alpha value is 0.540. The molecule has 0 saturated heterocycles.